The van der Waals surface area contributed by atoms with Gasteiger partial charge in [-0.15, -0.1) is 24.0 Å². The van der Waals surface area contributed by atoms with Gasteiger partial charge in [-0.25, -0.2) is 0 Å². The molecule has 0 heterocycles. The Kier molecular flexibility index (Phi) is 12.3. The lowest BCUT2D eigenvalue weighted by molar-refractivity contribution is 0.107. The maximum Gasteiger partial charge on any atom is 0.191 e. The van der Waals surface area contributed by atoms with Crippen LogP contribution in [0, 0.1) is 0 Å². The van der Waals surface area contributed by atoms with Crippen LogP contribution < -0.4 is 10.6 Å². The van der Waals surface area contributed by atoms with Crippen LogP contribution in [-0.4, -0.2) is 34.3 Å². The molecule has 3 rings (SSSR count). The number of halogens is 1. The summed E-state index contributed by atoms with van der Waals surface area (Å²) in [6.45, 7) is 3.95. The van der Waals surface area contributed by atoms with Crippen molar-refractivity contribution in [3.05, 3.63) is 71.3 Å². The van der Waals surface area contributed by atoms with Gasteiger partial charge in [-0.3, -0.25) is 9.20 Å². The molecular weight excluding hydrogens is 533 g/mol. The van der Waals surface area contributed by atoms with Gasteiger partial charge < -0.3 is 15.4 Å². The lowest BCUT2D eigenvalue weighted by atomic mass is 9.95. The van der Waals surface area contributed by atoms with Crippen molar-refractivity contribution in [2.24, 2.45) is 4.99 Å². The van der Waals surface area contributed by atoms with Gasteiger partial charge in [-0.2, -0.15) is 0 Å². The van der Waals surface area contributed by atoms with Gasteiger partial charge in [-0.05, 0) is 36.0 Å². The first-order valence-corrected chi connectivity index (χ1v) is 12.6. The molecule has 7 heteroatoms. The minimum absolute atomic E-state index is 0. The van der Waals surface area contributed by atoms with E-state index in [4.69, 9.17) is 4.74 Å². The number of benzene rings is 2. The number of nitrogens with zero attached hydrogens (tertiary/aromatic N) is 1. The minimum atomic E-state index is -0.711. The van der Waals surface area contributed by atoms with Crippen LogP contribution in [-0.2, 0) is 35.3 Å². The van der Waals surface area contributed by atoms with E-state index in [0.717, 1.165) is 37.4 Å². The van der Waals surface area contributed by atoms with Gasteiger partial charge in [0.25, 0.3) is 0 Å². The monoisotopic (exact) mass is 569 g/mol. The Morgan fingerprint density at radius 1 is 1.03 bits per heavy atom. The molecule has 5 nitrogen and oxygen atoms in total. The van der Waals surface area contributed by atoms with Gasteiger partial charge in [0.1, 0.15) is 0 Å². The second kappa shape index (κ2) is 14.6. The van der Waals surface area contributed by atoms with Crippen LogP contribution in [0.2, 0.25) is 0 Å². The Morgan fingerprint density at radius 2 is 1.69 bits per heavy atom. The third kappa shape index (κ3) is 8.83. The first kappa shape index (κ1) is 26.8. The topological polar surface area (TPSA) is 62.7 Å². The van der Waals surface area contributed by atoms with E-state index in [1.165, 1.54) is 16.7 Å². The summed E-state index contributed by atoms with van der Waals surface area (Å²) < 4.78 is 18.0. The second-order valence-corrected chi connectivity index (χ2v) is 10.0. The van der Waals surface area contributed by atoms with Crippen LogP contribution in [0.3, 0.4) is 0 Å². The van der Waals surface area contributed by atoms with Gasteiger partial charge in [0, 0.05) is 41.4 Å². The summed E-state index contributed by atoms with van der Waals surface area (Å²) in [6.07, 6.45) is 4.26. The first-order chi connectivity index (χ1) is 15.2. The molecule has 2 N–H and O–H groups in total. The van der Waals surface area contributed by atoms with Crippen molar-refractivity contribution in [2.45, 2.75) is 63.7 Å². The molecule has 1 fully saturated rings. The van der Waals surface area contributed by atoms with Crippen molar-refractivity contribution >= 4 is 40.7 Å². The van der Waals surface area contributed by atoms with Gasteiger partial charge in [0.05, 0.1) is 13.2 Å². The third-order valence-electron chi connectivity index (χ3n) is 5.71. The van der Waals surface area contributed by atoms with Gasteiger partial charge in [-0.1, -0.05) is 67.9 Å². The zero-order valence-electron chi connectivity index (χ0n) is 19.1. The Labute approximate surface area is 212 Å². The van der Waals surface area contributed by atoms with E-state index < -0.39 is 10.8 Å². The minimum Gasteiger partial charge on any atom is -0.372 e. The maximum absolute atomic E-state index is 12.2. The lowest BCUT2D eigenvalue weighted by Gasteiger charge is -2.30. The molecular formula is C25H36IN3O2S. The number of aliphatic imine (C=N–C) groups is 1. The molecule has 32 heavy (non-hydrogen) atoms. The van der Waals surface area contributed by atoms with E-state index in [1.807, 2.05) is 25.1 Å². The normalized spacial score (nSPS) is 19.6. The highest BCUT2D eigenvalue weighted by Gasteiger charge is 2.25. The predicted octanol–water partition coefficient (Wildman–Crippen LogP) is 4.77. The van der Waals surface area contributed by atoms with E-state index in [2.05, 4.69) is 52.0 Å². The number of rotatable bonds is 9. The maximum atomic E-state index is 12.2. The van der Waals surface area contributed by atoms with Crippen LogP contribution in [0.25, 0.3) is 0 Å². The Bertz CT molecular complexity index is 846. The highest BCUT2D eigenvalue weighted by Crippen LogP contribution is 2.23. The van der Waals surface area contributed by atoms with Crippen molar-refractivity contribution in [1.29, 1.82) is 0 Å². The quantitative estimate of drug-likeness (QED) is 0.260. The number of hydrogen-bond acceptors (Lipinski definition) is 3. The summed E-state index contributed by atoms with van der Waals surface area (Å²) in [5.41, 5.74) is 3.55. The van der Waals surface area contributed by atoms with Crippen LogP contribution in [0.4, 0.5) is 0 Å². The third-order valence-corrected chi connectivity index (χ3v) is 7.45. The van der Waals surface area contributed by atoms with E-state index in [9.17, 15) is 4.21 Å². The van der Waals surface area contributed by atoms with Crippen LogP contribution in [0.5, 0.6) is 0 Å². The fraction of sp³-hybridized carbons (Fsp3) is 0.480. The van der Waals surface area contributed by atoms with Gasteiger partial charge in [0.2, 0.25) is 0 Å². The van der Waals surface area contributed by atoms with Crippen LogP contribution >= 0.6 is 24.0 Å². The van der Waals surface area contributed by atoms with Crippen LogP contribution in [0.1, 0.15) is 49.3 Å². The number of ether oxygens (including phenoxy) is 1. The van der Waals surface area contributed by atoms with Crippen molar-refractivity contribution in [3.63, 3.8) is 0 Å². The number of nitrogens with one attached hydrogen (secondary N) is 2. The smallest absolute Gasteiger partial charge is 0.191 e. The van der Waals surface area contributed by atoms with E-state index in [-0.39, 0.29) is 24.0 Å². The summed E-state index contributed by atoms with van der Waals surface area (Å²) in [4.78, 5) is 4.37. The molecule has 0 bridgehead atoms. The van der Waals surface area contributed by atoms with Crippen molar-refractivity contribution in [2.75, 3.05) is 12.8 Å². The summed E-state index contributed by atoms with van der Waals surface area (Å²) in [7, 11) is 1.09. The molecule has 1 aliphatic rings. The summed E-state index contributed by atoms with van der Waals surface area (Å²) in [6, 6.07) is 19.0. The largest absolute Gasteiger partial charge is 0.372 e. The average Bonchev–Trinajstić information content (AvgIpc) is 2.83. The van der Waals surface area contributed by atoms with Crippen LogP contribution in [0.15, 0.2) is 59.6 Å². The standard InChI is InChI=1S/C25H35N3O2S.HI/c1-3-31(29)24-11-7-10-23(16-24)28-25(26-2)27-17-20-12-14-22(15-13-20)19-30-18-21-8-5-4-6-9-21;/h4-6,8-9,12-15,23-24H,3,7,10-11,16-19H2,1-2H3,(H2,26,27,28);1H. The highest BCUT2D eigenvalue weighted by atomic mass is 127. The molecule has 0 radical (unpaired) electrons. The Morgan fingerprint density at radius 3 is 2.34 bits per heavy atom. The summed E-state index contributed by atoms with van der Waals surface area (Å²) in [5.74, 6) is 1.56. The molecule has 2 aromatic carbocycles. The highest BCUT2D eigenvalue weighted by molar-refractivity contribution is 14.0. The molecule has 3 unspecified atom stereocenters. The summed E-state index contributed by atoms with van der Waals surface area (Å²) >= 11 is 0. The van der Waals surface area contributed by atoms with E-state index in [0.29, 0.717) is 31.1 Å². The molecule has 0 saturated heterocycles. The Hall–Kier alpha value is -1.45. The molecule has 0 aromatic heterocycles. The molecule has 0 aliphatic heterocycles. The predicted molar refractivity (Wildman–Crippen MR) is 145 cm³/mol. The molecule has 1 saturated carbocycles. The molecule has 176 valence electrons. The summed E-state index contributed by atoms with van der Waals surface area (Å²) in [5, 5.41) is 7.24. The lowest BCUT2D eigenvalue weighted by Crippen LogP contribution is -2.46. The first-order valence-electron chi connectivity index (χ1n) is 11.2. The number of guanidine groups is 1. The average molecular weight is 570 g/mol. The fourth-order valence-corrected chi connectivity index (χ4v) is 5.29. The Balaban J connectivity index is 0.00000363. The molecule has 0 spiro atoms. The van der Waals surface area contributed by atoms with Gasteiger partial charge >= 0.3 is 0 Å². The SMILES string of the molecule is CCS(=O)C1CCCC(NC(=NC)NCc2ccc(COCc3ccccc3)cc2)C1.I. The van der Waals surface area contributed by atoms with Crippen molar-refractivity contribution < 1.29 is 8.95 Å². The van der Waals surface area contributed by atoms with E-state index in [1.54, 1.807) is 7.05 Å². The van der Waals surface area contributed by atoms with E-state index >= 15 is 0 Å². The molecule has 1 aliphatic carbocycles. The molecule has 2 aromatic rings. The second-order valence-electron chi connectivity index (χ2n) is 8.02. The van der Waals surface area contributed by atoms with Gasteiger partial charge in [0.15, 0.2) is 5.96 Å². The fourth-order valence-electron chi connectivity index (χ4n) is 3.94. The van der Waals surface area contributed by atoms with Crippen molar-refractivity contribution in [1.82, 2.24) is 10.6 Å². The number of hydrogen-bond donors (Lipinski definition) is 2. The zero-order valence-corrected chi connectivity index (χ0v) is 22.2. The molecule has 0 amide bonds. The molecule has 3 atom stereocenters. The zero-order chi connectivity index (χ0) is 21.9. The van der Waals surface area contributed by atoms with Crippen molar-refractivity contribution in [3.8, 4) is 0 Å².